The molecular weight excluding hydrogens is 344 g/mol. The minimum Gasteiger partial charge on any atom is -0.349 e. The number of thiazole rings is 1. The first kappa shape index (κ1) is 19.8. The van der Waals surface area contributed by atoms with Crippen molar-refractivity contribution in [1.82, 2.24) is 20.1 Å². The van der Waals surface area contributed by atoms with Gasteiger partial charge in [-0.2, -0.15) is 0 Å². The van der Waals surface area contributed by atoms with Crippen LogP contribution in [0.15, 0.2) is 0 Å². The van der Waals surface area contributed by atoms with Gasteiger partial charge in [-0.05, 0) is 52.9 Å². The summed E-state index contributed by atoms with van der Waals surface area (Å²) >= 11 is 1.51. The maximum atomic E-state index is 12.6. The van der Waals surface area contributed by atoms with Gasteiger partial charge in [-0.15, -0.1) is 11.3 Å². The standard InChI is InChI=1S/C20H34N4OS/c1-14(2)24-10-8-23(9-11-24)13-17-6-5-7-18(12-17)22-20(25)19-15(3)21-16(4)26-19/h14,17-18H,5-13H2,1-4H3,(H,22,25)/t17-,18+/m1/s1. The number of carbonyl (C=O) groups excluding carboxylic acids is 1. The molecule has 26 heavy (non-hydrogen) atoms. The zero-order chi connectivity index (χ0) is 18.7. The molecule has 2 aliphatic rings. The van der Waals surface area contributed by atoms with E-state index >= 15 is 0 Å². The van der Waals surface area contributed by atoms with Gasteiger partial charge in [0.1, 0.15) is 4.88 Å². The number of nitrogens with zero attached hydrogens (tertiary/aromatic N) is 3. The molecule has 0 radical (unpaired) electrons. The fourth-order valence-electron chi connectivity index (χ4n) is 4.41. The molecule has 2 heterocycles. The molecule has 1 amide bonds. The second-order valence-corrected chi connectivity index (χ2v) is 9.48. The zero-order valence-corrected chi connectivity index (χ0v) is 17.6. The first-order chi connectivity index (χ1) is 12.4. The lowest BCUT2D eigenvalue weighted by atomic mass is 9.85. The van der Waals surface area contributed by atoms with Crippen LogP contribution in [0.2, 0.25) is 0 Å². The van der Waals surface area contributed by atoms with E-state index < -0.39 is 0 Å². The van der Waals surface area contributed by atoms with Crippen molar-refractivity contribution in [3.05, 3.63) is 15.6 Å². The van der Waals surface area contributed by atoms with Crippen LogP contribution in [-0.4, -0.2) is 65.5 Å². The number of rotatable bonds is 5. The SMILES string of the molecule is Cc1nc(C)c(C(=O)N[C@H]2CCC[C@@H](CN3CCN(C(C)C)CC3)C2)s1. The normalized spacial score (nSPS) is 25.6. The van der Waals surface area contributed by atoms with Crippen LogP contribution in [0.1, 0.15) is 59.9 Å². The zero-order valence-electron chi connectivity index (χ0n) is 16.8. The van der Waals surface area contributed by atoms with Crippen LogP contribution < -0.4 is 5.32 Å². The van der Waals surface area contributed by atoms with Gasteiger partial charge in [0.2, 0.25) is 0 Å². The molecule has 1 N–H and O–H groups in total. The Morgan fingerprint density at radius 2 is 1.96 bits per heavy atom. The molecular formula is C20H34N4OS. The van der Waals surface area contributed by atoms with Gasteiger partial charge in [0.15, 0.2) is 0 Å². The lowest BCUT2D eigenvalue weighted by Crippen LogP contribution is -2.50. The van der Waals surface area contributed by atoms with Gasteiger partial charge in [-0.3, -0.25) is 9.69 Å². The number of amides is 1. The van der Waals surface area contributed by atoms with Crippen molar-refractivity contribution in [1.29, 1.82) is 0 Å². The number of hydrogen-bond acceptors (Lipinski definition) is 5. The van der Waals surface area contributed by atoms with Gasteiger partial charge >= 0.3 is 0 Å². The molecule has 6 heteroatoms. The van der Waals surface area contributed by atoms with Crippen LogP contribution >= 0.6 is 11.3 Å². The van der Waals surface area contributed by atoms with Crippen LogP contribution in [-0.2, 0) is 0 Å². The summed E-state index contributed by atoms with van der Waals surface area (Å²) in [5.74, 6) is 0.785. The van der Waals surface area contributed by atoms with Crippen LogP contribution in [0.4, 0.5) is 0 Å². The first-order valence-corrected chi connectivity index (χ1v) is 11.0. The van der Waals surface area contributed by atoms with E-state index in [1.54, 1.807) is 0 Å². The van der Waals surface area contributed by atoms with Gasteiger partial charge in [0.05, 0.1) is 10.7 Å². The van der Waals surface area contributed by atoms with Gasteiger partial charge in [0.25, 0.3) is 5.91 Å². The molecule has 2 atom stereocenters. The van der Waals surface area contributed by atoms with Crippen molar-refractivity contribution in [2.75, 3.05) is 32.7 Å². The molecule has 2 fully saturated rings. The minimum atomic E-state index is 0.0734. The molecule has 0 aromatic carbocycles. The van der Waals surface area contributed by atoms with E-state index in [-0.39, 0.29) is 5.91 Å². The Balaban J connectivity index is 1.47. The molecule has 1 saturated carbocycles. The summed E-state index contributed by atoms with van der Waals surface area (Å²) in [6, 6.07) is 0.977. The molecule has 1 aromatic heterocycles. The van der Waals surface area contributed by atoms with E-state index in [4.69, 9.17) is 0 Å². The molecule has 146 valence electrons. The third-order valence-corrected chi connectivity index (χ3v) is 6.95. The summed E-state index contributed by atoms with van der Waals surface area (Å²) in [4.78, 5) is 23.0. The van der Waals surface area contributed by atoms with Crippen LogP contribution in [0.5, 0.6) is 0 Å². The number of piperazine rings is 1. The van der Waals surface area contributed by atoms with Crippen molar-refractivity contribution in [2.45, 2.75) is 65.5 Å². The minimum absolute atomic E-state index is 0.0734. The van der Waals surface area contributed by atoms with Gasteiger partial charge in [-0.1, -0.05) is 6.42 Å². The monoisotopic (exact) mass is 378 g/mol. The third-order valence-electron chi connectivity index (χ3n) is 5.88. The summed E-state index contributed by atoms with van der Waals surface area (Å²) in [5, 5.41) is 4.25. The van der Waals surface area contributed by atoms with Crippen LogP contribution in [0.3, 0.4) is 0 Å². The van der Waals surface area contributed by atoms with Gasteiger partial charge in [0, 0.05) is 44.8 Å². The lowest BCUT2D eigenvalue weighted by Gasteiger charge is -2.39. The summed E-state index contributed by atoms with van der Waals surface area (Å²) in [6.45, 7) is 14.4. The molecule has 0 bridgehead atoms. The molecule has 1 aliphatic heterocycles. The van der Waals surface area contributed by atoms with Gasteiger partial charge < -0.3 is 10.2 Å². The molecule has 1 aromatic rings. The van der Waals surface area contributed by atoms with E-state index in [1.165, 1.54) is 56.9 Å². The predicted octanol–water partition coefficient (Wildman–Crippen LogP) is 3.07. The van der Waals surface area contributed by atoms with Crippen LogP contribution in [0.25, 0.3) is 0 Å². The highest BCUT2D eigenvalue weighted by molar-refractivity contribution is 7.13. The summed E-state index contributed by atoms with van der Waals surface area (Å²) in [5.41, 5.74) is 0.861. The summed E-state index contributed by atoms with van der Waals surface area (Å²) in [6.07, 6.45) is 4.75. The molecule has 0 spiro atoms. The first-order valence-electron chi connectivity index (χ1n) is 10.1. The second kappa shape index (κ2) is 8.81. The van der Waals surface area contributed by atoms with Crippen molar-refractivity contribution >= 4 is 17.2 Å². The fraction of sp³-hybridized carbons (Fsp3) is 0.800. The highest BCUT2D eigenvalue weighted by atomic mass is 32.1. The molecule has 1 saturated heterocycles. The topological polar surface area (TPSA) is 48.5 Å². The summed E-state index contributed by atoms with van der Waals surface area (Å²) in [7, 11) is 0. The number of carbonyl (C=O) groups is 1. The number of aryl methyl sites for hydroxylation is 2. The average Bonchev–Trinajstić information content (AvgIpc) is 2.94. The second-order valence-electron chi connectivity index (χ2n) is 8.28. The highest BCUT2D eigenvalue weighted by Crippen LogP contribution is 2.26. The van der Waals surface area contributed by atoms with E-state index in [1.807, 2.05) is 13.8 Å². The molecule has 1 aliphatic carbocycles. The van der Waals surface area contributed by atoms with Crippen molar-refractivity contribution in [2.24, 2.45) is 5.92 Å². The van der Waals surface area contributed by atoms with Crippen molar-refractivity contribution in [3.63, 3.8) is 0 Å². The Morgan fingerprint density at radius 1 is 1.23 bits per heavy atom. The Kier molecular flexibility index (Phi) is 6.70. The van der Waals surface area contributed by atoms with E-state index in [9.17, 15) is 4.79 Å². The maximum Gasteiger partial charge on any atom is 0.263 e. The largest absolute Gasteiger partial charge is 0.349 e. The highest BCUT2D eigenvalue weighted by Gasteiger charge is 2.27. The molecule has 3 rings (SSSR count). The summed E-state index contributed by atoms with van der Waals surface area (Å²) < 4.78 is 0. The smallest absolute Gasteiger partial charge is 0.263 e. The number of hydrogen-bond donors (Lipinski definition) is 1. The van der Waals surface area contributed by atoms with Crippen molar-refractivity contribution < 1.29 is 4.79 Å². The Morgan fingerprint density at radius 3 is 2.58 bits per heavy atom. The van der Waals surface area contributed by atoms with E-state index in [2.05, 4.69) is 33.9 Å². The van der Waals surface area contributed by atoms with E-state index in [0.29, 0.717) is 18.0 Å². The average molecular weight is 379 g/mol. The molecule has 5 nitrogen and oxygen atoms in total. The van der Waals surface area contributed by atoms with Crippen LogP contribution in [0, 0.1) is 19.8 Å². The Hall–Kier alpha value is -0.980. The fourth-order valence-corrected chi connectivity index (χ4v) is 5.23. The predicted molar refractivity (Wildman–Crippen MR) is 108 cm³/mol. The number of aromatic nitrogens is 1. The number of nitrogens with one attached hydrogen (secondary N) is 1. The molecule has 0 unspecified atom stereocenters. The van der Waals surface area contributed by atoms with Gasteiger partial charge in [-0.25, -0.2) is 4.98 Å². The Labute approximate surface area is 162 Å². The van der Waals surface area contributed by atoms with E-state index in [0.717, 1.165) is 28.4 Å². The maximum absolute atomic E-state index is 12.6. The van der Waals surface area contributed by atoms with Crippen molar-refractivity contribution in [3.8, 4) is 0 Å². The third kappa shape index (κ3) is 5.05. The Bertz CT molecular complexity index is 607. The lowest BCUT2D eigenvalue weighted by molar-refractivity contribution is 0.0831. The quantitative estimate of drug-likeness (QED) is 0.855.